The summed E-state index contributed by atoms with van der Waals surface area (Å²) in [6.45, 7) is 4.08. The second kappa shape index (κ2) is 7.07. The summed E-state index contributed by atoms with van der Waals surface area (Å²) in [5.41, 5.74) is 4.88. The van der Waals surface area contributed by atoms with Crippen LogP contribution in [0.1, 0.15) is 49.9 Å². The van der Waals surface area contributed by atoms with Crippen molar-refractivity contribution in [1.29, 1.82) is 0 Å². The minimum Gasteiger partial charge on any atom is -0.380 e. The summed E-state index contributed by atoms with van der Waals surface area (Å²) in [6.07, 6.45) is 3.69. The zero-order chi connectivity index (χ0) is 14.4. The molecule has 1 amide bonds. The molecule has 0 heterocycles. The number of nitrogens with one attached hydrogen (secondary N) is 1. The van der Waals surface area contributed by atoms with E-state index in [4.69, 9.17) is 5.73 Å². The Morgan fingerprint density at radius 1 is 1.21 bits per heavy atom. The van der Waals surface area contributed by atoms with E-state index in [2.05, 4.69) is 5.32 Å². The van der Waals surface area contributed by atoms with Crippen LogP contribution in [0.4, 0.5) is 14.5 Å². The topological polar surface area (TPSA) is 55.1 Å². The predicted octanol–water partition coefficient (Wildman–Crippen LogP) is 3.44. The Kier molecular flexibility index (Phi) is 5.73. The molecular weight excluding hydrogens is 250 g/mol. The van der Waals surface area contributed by atoms with E-state index >= 15 is 0 Å². The van der Waals surface area contributed by atoms with Gasteiger partial charge in [-0.1, -0.05) is 26.7 Å². The molecule has 106 valence electrons. The van der Waals surface area contributed by atoms with Gasteiger partial charge in [0.05, 0.1) is 11.3 Å². The number of hydrogen-bond donors (Lipinski definition) is 2. The third kappa shape index (κ3) is 4.19. The Bertz CT molecular complexity index is 443. The smallest absolute Gasteiger partial charge is 0.251 e. The number of benzene rings is 1. The number of halogens is 2. The van der Waals surface area contributed by atoms with Crippen molar-refractivity contribution < 1.29 is 13.6 Å². The standard InChI is InChI=1S/C14H20F2N2O/c1-3-5-9(6-4-2)18-13-7-10(14(17)19)11(15)8-12(13)16/h7-9,18H,3-6H2,1-2H3,(H2,17,19). The first kappa shape index (κ1) is 15.4. The molecule has 0 saturated heterocycles. The van der Waals surface area contributed by atoms with Gasteiger partial charge in [-0.05, 0) is 18.9 Å². The Morgan fingerprint density at radius 2 is 1.79 bits per heavy atom. The molecule has 1 aromatic carbocycles. The highest BCUT2D eigenvalue weighted by molar-refractivity contribution is 5.94. The summed E-state index contributed by atoms with van der Waals surface area (Å²) in [7, 11) is 0. The van der Waals surface area contributed by atoms with Gasteiger partial charge in [-0.3, -0.25) is 4.79 Å². The van der Waals surface area contributed by atoms with Gasteiger partial charge in [0, 0.05) is 12.1 Å². The Morgan fingerprint density at radius 3 is 2.26 bits per heavy atom. The zero-order valence-corrected chi connectivity index (χ0v) is 11.3. The van der Waals surface area contributed by atoms with Gasteiger partial charge < -0.3 is 11.1 Å². The Labute approximate surface area is 112 Å². The van der Waals surface area contributed by atoms with Gasteiger partial charge >= 0.3 is 0 Å². The Balaban J connectivity index is 2.98. The molecule has 0 unspecified atom stereocenters. The van der Waals surface area contributed by atoms with Crippen molar-refractivity contribution in [1.82, 2.24) is 0 Å². The van der Waals surface area contributed by atoms with E-state index in [1.165, 1.54) is 0 Å². The van der Waals surface area contributed by atoms with Gasteiger partial charge in [0.15, 0.2) is 0 Å². The number of rotatable bonds is 7. The number of amides is 1. The van der Waals surface area contributed by atoms with Crippen LogP contribution in [0.2, 0.25) is 0 Å². The molecule has 0 aliphatic heterocycles. The van der Waals surface area contributed by atoms with Crippen molar-refractivity contribution in [2.45, 2.75) is 45.6 Å². The highest BCUT2D eigenvalue weighted by Crippen LogP contribution is 2.22. The molecule has 0 saturated carbocycles. The maximum Gasteiger partial charge on any atom is 0.251 e. The van der Waals surface area contributed by atoms with Crippen LogP contribution in [0.15, 0.2) is 12.1 Å². The van der Waals surface area contributed by atoms with Crippen molar-refractivity contribution in [2.75, 3.05) is 5.32 Å². The molecular formula is C14H20F2N2O. The number of primary amides is 1. The first-order valence-corrected chi connectivity index (χ1v) is 6.54. The lowest BCUT2D eigenvalue weighted by Gasteiger charge is -2.19. The van der Waals surface area contributed by atoms with E-state index in [9.17, 15) is 13.6 Å². The fraction of sp³-hybridized carbons (Fsp3) is 0.500. The molecule has 0 aliphatic carbocycles. The van der Waals surface area contributed by atoms with E-state index in [1.807, 2.05) is 13.8 Å². The average molecular weight is 270 g/mol. The summed E-state index contributed by atoms with van der Waals surface area (Å²) >= 11 is 0. The van der Waals surface area contributed by atoms with E-state index < -0.39 is 17.5 Å². The van der Waals surface area contributed by atoms with Crippen LogP contribution in [0, 0.1) is 11.6 Å². The first-order valence-electron chi connectivity index (χ1n) is 6.54. The normalized spacial score (nSPS) is 10.8. The highest BCUT2D eigenvalue weighted by Gasteiger charge is 2.16. The summed E-state index contributed by atoms with van der Waals surface area (Å²) in [5.74, 6) is -2.54. The number of nitrogens with two attached hydrogens (primary N) is 1. The first-order chi connectivity index (χ1) is 8.99. The molecule has 0 atom stereocenters. The number of carbonyl (C=O) groups excluding carboxylic acids is 1. The number of hydrogen-bond acceptors (Lipinski definition) is 2. The summed E-state index contributed by atoms with van der Waals surface area (Å²) in [6, 6.07) is 1.94. The minimum absolute atomic E-state index is 0.107. The van der Waals surface area contributed by atoms with Crippen LogP contribution in [0.3, 0.4) is 0 Å². The number of carbonyl (C=O) groups is 1. The SMILES string of the molecule is CCCC(CCC)Nc1cc(C(N)=O)c(F)cc1F. The molecule has 0 aromatic heterocycles. The highest BCUT2D eigenvalue weighted by atomic mass is 19.1. The van der Waals surface area contributed by atoms with Gasteiger partial charge in [-0.15, -0.1) is 0 Å². The molecule has 1 rings (SSSR count). The van der Waals surface area contributed by atoms with Crippen molar-refractivity contribution in [3.8, 4) is 0 Å². The molecule has 0 bridgehead atoms. The molecule has 5 heteroatoms. The van der Waals surface area contributed by atoms with Crippen molar-refractivity contribution in [3.63, 3.8) is 0 Å². The van der Waals surface area contributed by atoms with Crippen molar-refractivity contribution in [2.24, 2.45) is 5.73 Å². The van der Waals surface area contributed by atoms with Crippen molar-refractivity contribution in [3.05, 3.63) is 29.3 Å². The van der Waals surface area contributed by atoms with Gasteiger partial charge in [0.1, 0.15) is 11.6 Å². The number of anilines is 1. The lowest BCUT2D eigenvalue weighted by Crippen LogP contribution is -2.21. The van der Waals surface area contributed by atoms with E-state index in [0.29, 0.717) is 6.07 Å². The van der Waals surface area contributed by atoms with Crippen LogP contribution in [-0.4, -0.2) is 11.9 Å². The lowest BCUT2D eigenvalue weighted by atomic mass is 10.1. The van der Waals surface area contributed by atoms with Gasteiger partial charge in [-0.25, -0.2) is 8.78 Å². The fourth-order valence-electron chi connectivity index (χ4n) is 2.05. The zero-order valence-electron chi connectivity index (χ0n) is 11.3. The summed E-state index contributed by atoms with van der Waals surface area (Å²) in [4.78, 5) is 11.1. The quantitative estimate of drug-likeness (QED) is 0.797. The van der Waals surface area contributed by atoms with Crippen LogP contribution in [0.25, 0.3) is 0 Å². The molecule has 0 radical (unpaired) electrons. The van der Waals surface area contributed by atoms with E-state index in [0.717, 1.165) is 31.7 Å². The predicted molar refractivity (Wildman–Crippen MR) is 72.1 cm³/mol. The van der Waals surface area contributed by atoms with Gasteiger partial charge in [0.2, 0.25) is 0 Å². The fourth-order valence-corrected chi connectivity index (χ4v) is 2.05. The lowest BCUT2D eigenvalue weighted by molar-refractivity contribution is 0.0996. The largest absolute Gasteiger partial charge is 0.380 e. The van der Waals surface area contributed by atoms with Gasteiger partial charge in [-0.2, -0.15) is 0 Å². The van der Waals surface area contributed by atoms with Crippen LogP contribution < -0.4 is 11.1 Å². The maximum absolute atomic E-state index is 13.7. The van der Waals surface area contributed by atoms with Crippen molar-refractivity contribution >= 4 is 11.6 Å². The summed E-state index contributed by atoms with van der Waals surface area (Å²) < 4.78 is 27.0. The average Bonchev–Trinajstić information content (AvgIpc) is 2.32. The van der Waals surface area contributed by atoms with E-state index in [1.54, 1.807) is 0 Å². The monoisotopic (exact) mass is 270 g/mol. The molecule has 19 heavy (non-hydrogen) atoms. The second-order valence-electron chi connectivity index (χ2n) is 4.59. The van der Waals surface area contributed by atoms with Gasteiger partial charge in [0.25, 0.3) is 5.91 Å². The Hall–Kier alpha value is -1.65. The summed E-state index contributed by atoms with van der Waals surface area (Å²) in [5, 5.41) is 3.02. The molecule has 0 aliphatic rings. The van der Waals surface area contributed by atoms with Crippen LogP contribution in [0.5, 0.6) is 0 Å². The van der Waals surface area contributed by atoms with Crippen LogP contribution >= 0.6 is 0 Å². The minimum atomic E-state index is -0.932. The molecule has 1 aromatic rings. The van der Waals surface area contributed by atoms with E-state index in [-0.39, 0.29) is 17.3 Å². The third-order valence-electron chi connectivity index (χ3n) is 2.96. The van der Waals surface area contributed by atoms with Crippen LogP contribution in [-0.2, 0) is 0 Å². The maximum atomic E-state index is 13.7. The molecule has 0 fully saturated rings. The third-order valence-corrected chi connectivity index (χ3v) is 2.96. The second-order valence-corrected chi connectivity index (χ2v) is 4.59. The molecule has 3 nitrogen and oxygen atoms in total. The molecule has 0 spiro atoms. The molecule has 3 N–H and O–H groups in total.